The molecule has 1 saturated heterocycles. The number of nitrogens with zero attached hydrogens (tertiary/aromatic N) is 2. The third kappa shape index (κ3) is 8.54. The number of hydrogen-bond donors (Lipinski definition) is 2. The number of rotatable bonds is 7. The van der Waals surface area contributed by atoms with Crippen LogP contribution in [-0.2, 0) is 9.53 Å². The number of halogens is 1. The lowest BCUT2D eigenvalue weighted by Gasteiger charge is -2.33. The molecule has 1 aliphatic carbocycles. The second-order valence-electron chi connectivity index (χ2n) is 8.65. The van der Waals surface area contributed by atoms with Gasteiger partial charge in [0.25, 0.3) is 0 Å². The summed E-state index contributed by atoms with van der Waals surface area (Å²) in [4.78, 5) is 18.0. The van der Waals surface area contributed by atoms with Crippen LogP contribution in [0, 0.1) is 11.3 Å². The van der Waals surface area contributed by atoms with Gasteiger partial charge in [0.05, 0.1) is 6.10 Å². The molecule has 2 fully saturated rings. The van der Waals surface area contributed by atoms with Crippen molar-refractivity contribution in [2.24, 2.45) is 16.3 Å². The van der Waals surface area contributed by atoms with E-state index in [2.05, 4.69) is 29.5 Å². The number of guanidine groups is 1. The first kappa shape index (κ1) is 24.5. The van der Waals surface area contributed by atoms with Gasteiger partial charge in [0.1, 0.15) is 6.54 Å². The summed E-state index contributed by atoms with van der Waals surface area (Å²) < 4.78 is 5.80. The lowest BCUT2D eigenvalue weighted by molar-refractivity contribution is -0.127. The van der Waals surface area contributed by atoms with Gasteiger partial charge in [0.15, 0.2) is 5.96 Å². The average Bonchev–Trinajstić information content (AvgIpc) is 3.17. The van der Waals surface area contributed by atoms with Gasteiger partial charge in [0, 0.05) is 33.8 Å². The number of hydrogen-bond acceptors (Lipinski definition) is 3. The van der Waals surface area contributed by atoms with Crippen molar-refractivity contribution in [2.75, 3.05) is 40.3 Å². The fourth-order valence-electron chi connectivity index (χ4n) is 3.80. The highest BCUT2D eigenvalue weighted by Gasteiger charge is 2.31. The van der Waals surface area contributed by atoms with Crippen LogP contribution in [0.25, 0.3) is 0 Å². The van der Waals surface area contributed by atoms with E-state index in [0.29, 0.717) is 0 Å². The zero-order chi connectivity index (χ0) is 19.0. The van der Waals surface area contributed by atoms with Gasteiger partial charge >= 0.3 is 0 Å². The van der Waals surface area contributed by atoms with Gasteiger partial charge < -0.3 is 20.3 Å². The van der Waals surface area contributed by atoms with E-state index in [1.807, 2.05) is 0 Å². The van der Waals surface area contributed by atoms with Crippen LogP contribution in [0.2, 0.25) is 0 Å². The lowest BCUT2D eigenvalue weighted by atomic mass is 9.78. The molecule has 1 atom stereocenters. The minimum Gasteiger partial charge on any atom is -0.376 e. The van der Waals surface area contributed by atoms with E-state index >= 15 is 0 Å². The van der Waals surface area contributed by atoms with Crippen LogP contribution in [0.3, 0.4) is 0 Å². The maximum Gasteiger partial charge on any atom is 0.243 e. The Balaban J connectivity index is 0.00000364. The summed E-state index contributed by atoms with van der Waals surface area (Å²) >= 11 is 0. The molecule has 2 N–H and O–H groups in total. The summed E-state index contributed by atoms with van der Waals surface area (Å²) in [6.45, 7) is 7.29. The quantitative estimate of drug-likeness (QED) is 0.325. The summed E-state index contributed by atoms with van der Waals surface area (Å²) in [6.07, 6.45) is 9.05. The highest BCUT2D eigenvalue weighted by atomic mass is 127. The Morgan fingerprint density at radius 2 is 1.78 bits per heavy atom. The first-order valence-electron chi connectivity index (χ1n) is 10.2. The molecule has 1 saturated carbocycles. The van der Waals surface area contributed by atoms with Crippen LogP contribution in [0.5, 0.6) is 0 Å². The molecule has 1 heterocycles. The van der Waals surface area contributed by atoms with Gasteiger partial charge in [-0.3, -0.25) is 4.79 Å². The molecule has 0 radical (unpaired) electrons. The van der Waals surface area contributed by atoms with Crippen molar-refractivity contribution in [3.05, 3.63) is 0 Å². The molecule has 0 aromatic carbocycles. The number of likely N-dealkylation sites (N-methyl/N-ethyl adjacent to an activating group) is 1. The van der Waals surface area contributed by atoms with Gasteiger partial charge in [-0.05, 0) is 43.4 Å². The van der Waals surface area contributed by atoms with Crippen LogP contribution < -0.4 is 10.6 Å². The molecule has 0 bridgehead atoms. The monoisotopic (exact) mass is 494 g/mol. The maximum absolute atomic E-state index is 11.9. The van der Waals surface area contributed by atoms with Crippen LogP contribution in [0.15, 0.2) is 4.99 Å². The molecular formula is C20H39IN4O2. The number of aliphatic imine (C=N–C) groups is 1. The Hall–Kier alpha value is -0.570. The molecule has 27 heavy (non-hydrogen) atoms. The molecule has 1 amide bonds. The second-order valence-corrected chi connectivity index (χ2v) is 8.65. The molecule has 0 spiro atoms. The molecule has 1 aliphatic heterocycles. The Labute approximate surface area is 182 Å². The molecule has 1 unspecified atom stereocenters. The van der Waals surface area contributed by atoms with Crippen LogP contribution in [0.4, 0.5) is 0 Å². The van der Waals surface area contributed by atoms with Crippen molar-refractivity contribution in [3.63, 3.8) is 0 Å². The number of amides is 1. The smallest absolute Gasteiger partial charge is 0.243 e. The van der Waals surface area contributed by atoms with Crippen LogP contribution in [-0.4, -0.2) is 63.2 Å². The topological polar surface area (TPSA) is 66.0 Å². The molecule has 2 rings (SSSR count). The van der Waals surface area contributed by atoms with E-state index < -0.39 is 0 Å². The second kappa shape index (κ2) is 12.1. The van der Waals surface area contributed by atoms with Crippen LogP contribution >= 0.6 is 24.0 Å². The zero-order valence-corrected chi connectivity index (χ0v) is 19.9. The number of carbonyl (C=O) groups excluding carboxylic acids is 1. The molecule has 7 heteroatoms. The number of ether oxygens (including phenoxy) is 1. The van der Waals surface area contributed by atoms with Gasteiger partial charge in [-0.1, -0.05) is 26.7 Å². The minimum absolute atomic E-state index is 0. The Bertz CT molecular complexity index is 471. The molecule has 0 aromatic rings. The SMILES string of the molecule is CN(C)C(=O)CN=C(NCC1CCCCO1)NCC(C)(C)C1CCCC1.I. The Morgan fingerprint density at radius 3 is 2.37 bits per heavy atom. The van der Waals surface area contributed by atoms with E-state index in [-0.39, 0.29) is 47.9 Å². The fourth-order valence-corrected chi connectivity index (χ4v) is 3.80. The third-order valence-electron chi connectivity index (χ3n) is 5.81. The lowest BCUT2D eigenvalue weighted by Crippen LogP contribution is -2.47. The first-order valence-corrected chi connectivity index (χ1v) is 10.2. The van der Waals surface area contributed by atoms with Crippen molar-refractivity contribution in [1.29, 1.82) is 0 Å². The van der Waals surface area contributed by atoms with E-state index in [9.17, 15) is 4.79 Å². The van der Waals surface area contributed by atoms with Crippen molar-refractivity contribution < 1.29 is 9.53 Å². The Kier molecular flexibility index (Phi) is 11.0. The van der Waals surface area contributed by atoms with Crippen molar-refractivity contribution in [2.45, 2.75) is 64.9 Å². The summed E-state index contributed by atoms with van der Waals surface area (Å²) in [7, 11) is 3.52. The number of nitrogens with one attached hydrogen (secondary N) is 2. The molecule has 0 aromatic heterocycles. The van der Waals surface area contributed by atoms with Crippen molar-refractivity contribution in [3.8, 4) is 0 Å². The van der Waals surface area contributed by atoms with E-state index in [1.54, 1.807) is 19.0 Å². The summed E-state index contributed by atoms with van der Waals surface area (Å²) in [5, 5.41) is 6.87. The highest BCUT2D eigenvalue weighted by molar-refractivity contribution is 14.0. The van der Waals surface area contributed by atoms with Crippen LogP contribution in [0.1, 0.15) is 58.8 Å². The normalized spacial score (nSPS) is 21.5. The fraction of sp³-hybridized carbons (Fsp3) is 0.900. The van der Waals surface area contributed by atoms with Gasteiger partial charge in [-0.2, -0.15) is 0 Å². The Morgan fingerprint density at radius 1 is 1.11 bits per heavy atom. The van der Waals surface area contributed by atoms with E-state index in [1.165, 1.54) is 32.1 Å². The third-order valence-corrected chi connectivity index (χ3v) is 5.81. The summed E-state index contributed by atoms with van der Waals surface area (Å²) in [5.74, 6) is 1.50. The van der Waals surface area contributed by atoms with Gasteiger partial charge in [-0.25, -0.2) is 4.99 Å². The standard InChI is InChI=1S/C20H38N4O2.HI/c1-20(2,16-9-5-6-10-16)15-23-19(22-14-18(25)24(3)4)21-13-17-11-7-8-12-26-17;/h16-17H,5-15H2,1-4H3,(H2,21,22,23);1H. The highest BCUT2D eigenvalue weighted by Crippen LogP contribution is 2.38. The minimum atomic E-state index is 0. The number of carbonyl (C=O) groups is 1. The van der Waals surface area contributed by atoms with Gasteiger partial charge in [0.2, 0.25) is 5.91 Å². The summed E-state index contributed by atoms with van der Waals surface area (Å²) in [6, 6.07) is 0. The van der Waals surface area contributed by atoms with Crippen molar-refractivity contribution in [1.82, 2.24) is 15.5 Å². The largest absolute Gasteiger partial charge is 0.376 e. The van der Waals surface area contributed by atoms with E-state index in [4.69, 9.17) is 4.74 Å². The average molecular weight is 494 g/mol. The first-order chi connectivity index (χ1) is 12.4. The molecular weight excluding hydrogens is 455 g/mol. The van der Waals surface area contributed by atoms with Crippen molar-refractivity contribution >= 4 is 35.8 Å². The summed E-state index contributed by atoms with van der Waals surface area (Å²) in [5.41, 5.74) is 0.228. The zero-order valence-electron chi connectivity index (χ0n) is 17.6. The maximum atomic E-state index is 11.9. The molecule has 158 valence electrons. The molecule has 6 nitrogen and oxygen atoms in total. The predicted octanol–water partition coefficient (Wildman–Crippen LogP) is 3.01. The van der Waals surface area contributed by atoms with E-state index in [0.717, 1.165) is 44.4 Å². The van der Waals surface area contributed by atoms with Gasteiger partial charge in [-0.15, -0.1) is 24.0 Å². The molecule has 2 aliphatic rings. The predicted molar refractivity (Wildman–Crippen MR) is 122 cm³/mol.